The van der Waals surface area contributed by atoms with Gasteiger partial charge in [-0.25, -0.2) is 9.37 Å². The highest BCUT2D eigenvalue weighted by Crippen LogP contribution is 2.22. The number of hydrogen-bond acceptors (Lipinski definition) is 5. The van der Waals surface area contributed by atoms with Crippen LogP contribution < -0.4 is 10.9 Å². The van der Waals surface area contributed by atoms with Gasteiger partial charge in [0.15, 0.2) is 5.16 Å². The molecule has 0 fully saturated rings. The van der Waals surface area contributed by atoms with E-state index in [0.717, 1.165) is 6.42 Å². The van der Waals surface area contributed by atoms with Gasteiger partial charge in [0.05, 0.1) is 11.3 Å². The molecule has 0 saturated heterocycles. The summed E-state index contributed by atoms with van der Waals surface area (Å²) >= 11 is 2.60. The minimum absolute atomic E-state index is 0.0656. The number of aryl methyl sites for hydroxylation is 1. The second kappa shape index (κ2) is 8.01. The van der Waals surface area contributed by atoms with Crippen LogP contribution in [0, 0.1) is 12.7 Å². The van der Waals surface area contributed by atoms with Crippen LogP contribution in [0.15, 0.2) is 39.6 Å². The summed E-state index contributed by atoms with van der Waals surface area (Å²) in [5.74, 6) is -0.457. The van der Waals surface area contributed by atoms with E-state index in [-0.39, 0.29) is 23.0 Å². The van der Waals surface area contributed by atoms with Crippen LogP contribution in [0.25, 0.3) is 10.2 Å². The van der Waals surface area contributed by atoms with Crippen LogP contribution in [0.5, 0.6) is 0 Å². The fourth-order valence-electron chi connectivity index (χ4n) is 2.54. The van der Waals surface area contributed by atoms with Gasteiger partial charge in [-0.1, -0.05) is 18.7 Å². The number of fused-ring (bicyclic) bond motifs is 1. The van der Waals surface area contributed by atoms with E-state index < -0.39 is 0 Å². The lowest BCUT2D eigenvalue weighted by Gasteiger charge is -2.11. The highest BCUT2D eigenvalue weighted by atomic mass is 32.2. The maximum absolute atomic E-state index is 13.2. The smallest absolute Gasteiger partial charge is 0.272 e. The molecule has 1 amide bonds. The van der Waals surface area contributed by atoms with E-state index in [9.17, 15) is 14.0 Å². The predicted molar refractivity (Wildman–Crippen MR) is 105 cm³/mol. The number of hydrogen-bond donors (Lipinski definition) is 1. The summed E-state index contributed by atoms with van der Waals surface area (Å²) in [6.07, 6.45) is 0.799. The molecule has 2 heterocycles. The number of anilines is 1. The number of nitrogens with zero attached hydrogens (tertiary/aromatic N) is 2. The van der Waals surface area contributed by atoms with Crippen LogP contribution in [-0.4, -0.2) is 21.2 Å². The number of thiophene rings is 1. The van der Waals surface area contributed by atoms with Crippen molar-refractivity contribution in [2.45, 2.75) is 32.0 Å². The average molecular weight is 391 g/mol. The minimum Gasteiger partial charge on any atom is -0.325 e. The van der Waals surface area contributed by atoms with E-state index in [1.807, 2.05) is 18.4 Å². The van der Waals surface area contributed by atoms with Gasteiger partial charge in [0.2, 0.25) is 5.91 Å². The van der Waals surface area contributed by atoms with Gasteiger partial charge < -0.3 is 5.32 Å². The number of amides is 1. The second-order valence-electron chi connectivity index (χ2n) is 5.78. The standard InChI is InChI=1S/C18H18FN3O2S2/c1-3-7-22-17(24)16-14(6-8-25-16)21-18(22)26-10-15(23)20-13-5-4-12(19)9-11(13)2/h4-6,8-9H,3,7,10H2,1-2H3,(H,20,23). The first-order valence-electron chi connectivity index (χ1n) is 8.16. The monoisotopic (exact) mass is 391 g/mol. The zero-order valence-electron chi connectivity index (χ0n) is 14.4. The Morgan fingerprint density at radius 3 is 2.92 bits per heavy atom. The first kappa shape index (κ1) is 18.6. The molecule has 0 aliphatic heterocycles. The van der Waals surface area contributed by atoms with E-state index in [2.05, 4.69) is 10.3 Å². The Balaban J connectivity index is 1.77. The van der Waals surface area contributed by atoms with Crippen LogP contribution >= 0.6 is 23.1 Å². The van der Waals surface area contributed by atoms with E-state index in [1.54, 1.807) is 11.5 Å². The SMILES string of the molecule is CCCn1c(SCC(=O)Nc2ccc(F)cc2C)nc2ccsc2c1=O. The van der Waals surface area contributed by atoms with Gasteiger partial charge in [0.25, 0.3) is 5.56 Å². The summed E-state index contributed by atoms with van der Waals surface area (Å²) in [4.78, 5) is 29.4. The molecular weight excluding hydrogens is 373 g/mol. The zero-order chi connectivity index (χ0) is 18.7. The second-order valence-corrected chi connectivity index (χ2v) is 7.64. The van der Waals surface area contributed by atoms with Crippen molar-refractivity contribution in [3.8, 4) is 0 Å². The van der Waals surface area contributed by atoms with Crippen LogP contribution in [0.2, 0.25) is 0 Å². The summed E-state index contributed by atoms with van der Waals surface area (Å²) in [5, 5.41) is 5.14. The van der Waals surface area contributed by atoms with Crippen LogP contribution in [0.1, 0.15) is 18.9 Å². The predicted octanol–water partition coefficient (Wildman–Crippen LogP) is 4.05. The van der Waals surface area contributed by atoms with Gasteiger partial charge in [-0.2, -0.15) is 0 Å². The van der Waals surface area contributed by atoms with Crippen molar-refractivity contribution in [3.05, 3.63) is 51.4 Å². The molecule has 0 aliphatic carbocycles. The molecule has 0 spiro atoms. The zero-order valence-corrected chi connectivity index (χ0v) is 16.0. The van der Waals surface area contributed by atoms with Crippen molar-refractivity contribution in [1.82, 2.24) is 9.55 Å². The lowest BCUT2D eigenvalue weighted by Crippen LogP contribution is -2.23. The third-order valence-electron chi connectivity index (χ3n) is 3.77. The van der Waals surface area contributed by atoms with Crippen LogP contribution in [0.3, 0.4) is 0 Å². The van der Waals surface area contributed by atoms with Crippen molar-refractivity contribution in [3.63, 3.8) is 0 Å². The first-order chi connectivity index (χ1) is 12.5. The number of carbonyl (C=O) groups excluding carboxylic acids is 1. The van der Waals surface area contributed by atoms with Crippen molar-refractivity contribution in [2.75, 3.05) is 11.1 Å². The van der Waals surface area contributed by atoms with E-state index >= 15 is 0 Å². The number of aromatic nitrogens is 2. The number of thioether (sulfide) groups is 1. The maximum atomic E-state index is 13.2. The van der Waals surface area contributed by atoms with Gasteiger partial charge in [0.1, 0.15) is 10.5 Å². The summed E-state index contributed by atoms with van der Waals surface area (Å²) in [6.45, 7) is 4.28. The van der Waals surface area contributed by atoms with Crippen LogP contribution in [0.4, 0.5) is 10.1 Å². The highest BCUT2D eigenvalue weighted by molar-refractivity contribution is 7.99. The molecule has 0 unspecified atom stereocenters. The molecule has 0 atom stereocenters. The molecule has 26 heavy (non-hydrogen) atoms. The quantitative estimate of drug-likeness (QED) is 0.509. The first-order valence-corrected chi connectivity index (χ1v) is 10.0. The Morgan fingerprint density at radius 1 is 1.38 bits per heavy atom. The molecule has 136 valence electrons. The Morgan fingerprint density at radius 2 is 2.19 bits per heavy atom. The van der Waals surface area contributed by atoms with E-state index in [4.69, 9.17) is 0 Å². The molecule has 8 heteroatoms. The number of rotatable bonds is 6. The van der Waals surface area contributed by atoms with Gasteiger partial charge >= 0.3 is 0 Å². The summed E-state index contributed by atoms with van der Waals surface area (Å²) in [7, 11) is 0. The van der Waals surface area contributed by atoms with E-state index in [1.165, 1.54) is 41.3 Å². The maximum Gasteiger partial charge on any atom is 0.272 e. The highest BCUT2D eigenvalue weighted by Gasteiger charge is 2.14. The lowest BCUT2D eigenvalue weighted by molar-refractivity contribution is -0.113. The molecule has 2 aromatic heterocycles. The molecular formula is C18H18FN3O2S2. The van der Waals surface area contributed by atoms with Gasteiger partial charge in [-0.15, -0.1) is 11.3 Å². The molecule has 0 radical (unpaired) electrons. The number of carbonyl (C=O) groups is 1. The topological polar surface area (TPSA) is 64.0 Å². The van der Waals surface area contributed by atoms with Gasteiger partial charge in [-0.3, -0.25) is 14.2 Å². The molecule has 3 aromatic rings. The average Bonchev–Trinajstić information content (AvgIpc) is 3.07. The third kappa shape index (κ3) is 3.96. The Bertz CT molecular complexity index is 1010. The molecule has 1 N–H and O–H groups in total. The van der Waals surface area contributed by atoms with Crippen LogP contribution in [-0.2, 0) is 11.3 Å². The number of nitrogens with one attached hydrogen (secondary N) is 1. The molecule has 1 aromatic carbocycles. The largest absolute Gasteiger partial charge is 0.325 e. The van der Waals surface area contributed by atoms with Gasteiger partial charge in [0, 0.05) is 12.2 Å². The normalized spacial score (nSPS) is 11.0. The van der Waals surface area contributed by atoms with Crippen molar-refractivity contribution in [1.29, 1.82) is 0 Å². The molecule has 0 saturated carbocycles. The molecule has 0 aliphatic rings. The molecule has 5 nitrogen and oxygen atoms in total. The van der Waals surface area contributed by atoms with E-state index in [0.29, 0.717) is 33.2 Å². The molecule has 3 rings (SSSR count). The fourth-order valence-corrected chi connectivity index (χ4v) is 4.14. The third-order valence-corrected chi connectivity index (χ3v) is 5.64. The molecule has 0 bridgehead atoms. The summed E-state index contributed by atoms with van der Waals surface area (Å²) in [6, 6.07) is 6.02. The van der Waals surface area contributed by atoms with Gasteiger partial charge in [-0.05, 0) is 48.6 Å². The summed E-state index contributed by atoms with van der Waals surface area (Å²) < 4.78 is 15.4. The Labute approximate surface area is 158 Å². The van der Waals surface area contributed by atoms with Crippen molar-refractivity contribution in [2.24, 2.45) is 0 Å². The Hall–Kier alpha value is -2.19. The Kier molecular flexibility index (Phi) is 5.73. The number of halogens is 1. The van der Waals surface area contributed by atoms with Crippen molar-refractivity contribution >= 4 is 44.9 Å². The number of benzene rings is 1. The fraction of sp³-hybridized carbons (Fsp3) is 0.278. The lowest BCUT2D eigenvalue weighted by atomic mass is 10.2. The van der Waals surface area contributed by atoms with Crippen molar-refractivity contribution < 1.29 is 9.18 Å². The minimum atomic E-state index is -0.341. The summed E-state index contributed by atoms with van der Waals surface area (Å²) in [5.41, 5.74) is 1.82.